The van der Waals surface area contributed by atoms with Gasteiger partial charge in [-0.1, -0.05) is 6.92 Å². The molecule has 0 bridgehead atoms. The van der Waals surface area contributed by atoms with E-state index < -0.39 is 0 Å². The first-order valence-corrected chi connectivity index (χ1v) is 6.13. The molecule has 1 aromatic heterocycles. The maximum absolute atomic E-state index is 9.06. The molecule has 96 valence electrons. The van der Waals surface area contributed by atoms with E-state index in [0.29, 0.717) is 18.5 Å². The molecule has 0 aliphatic rings. The highest BCUT2D eigenvalue weighted by molar-refractivity contribution is 5.43. The molecule has 0 spiro atoms. The van der Waals surface area contributed by atoms with Crippen molar-refractivity contribution < 1.29 is 5.11 Å². The highest BCUT2D eigenvalue weighted by atomic mass is 16.3. The largest absolute Gasteiger partial charge is 0.395 e. The van der Waals surface area contributed by atoms with Gasteiger partial charge < -0.3 is 15.3 Å². The first-order valence-electron chi connectivity index (χ1n) is 6.13. The average molecular weight is 238 g/mol. The number of rotatable bonds is 7. The second-order valence-electron chi connectivity index (χ2n) is 4.18. The Bertz CT molecular complexity index is 330. The summed E-state index contributed by atoms with van der Waals surface area (Å²) in [4.78, 5) is 10.7. The third-order valence-corrected chi connectivity index (χ3v) is 2.43. The van der Waals surface area contributed by atoms with Crippen LogP contribution in [0.4, 0.5) is 11.8 Å². The minimum Gasteiger partial charge on any atom is -0.395 e. The number of anilines is 2. The topological polar surface area (TPSA) is 61.3 Å². The van der Waals surface area contributed by atoms with Crippen molar-refractivity contribution in [2.24, 2.45) is 0 Å². The molecule has 1 heterocycles. The van der Waals surface area contributed by atoms with E-state index in [1.807, 2.05) is 6.07 Å². The van der Waals surface area contributed by atoms with E-state index in [2.05, 4.69) is 41.0 Å². The molecule has 5 nitrogen and oxygen atoms in total. The van der Waals surface area contributed by atoms with E-state index >= 15 is 0 Å². The van der Waals surface area contributed by atoms with E-state index in [1.165, 1.54) is 0 Å². The average Bonchev–Trinajstić information content (AvgIpc) is 2.33. The molecule has 0 aliphatic heterocycles. The molecule has 0 saturated heterocycles. The third kappa shape index (κ3) is 4.19. The van der Waals surface area contributed by atoms with Gasteiger partial charge in [-0.05, 0) is 26.3 Å². The monoisotopic (exact) mass is 238 g/mol. The van der Waals surface area contributed by atoms with Gasteiger partial charge in [0.05, 0.1) is 6.61 Å². The normalized spacial score (nSPS) is 10.6. The quantitative estimate of drug-likeness (QED) is 0.754. The van der Waals surface area contributed by atoms with Crippen LogP contribution in [-0.4, -0.2) is 40.8 Å². The molecule has 17 heavy (non-hydrogen) atoms. The Morgan fingerprint density at radius 3 is 2.82 bits per heavy atom. The summed E-state index contributed by atoms with van der Waals surface area (Å²) in [7, 11) is 0. The summed E-state index contributed by atoms with van der Waals surface area (Å²) in [6.45, 7) is 7.84. The number of aromatic nitrogens is 2. The lowest BCUT2D eigenvalue weighted by Crippen LogP contribution is -2.34. The summed E-state index contributed by atoms with van der Waals surface area (Å²) >= 11 is 0. The maximum Gasteiger partial charge on any atom is 0.224 e. The lowest BCUT2D eigenvalue weighted by molar-refractivity contribution is 0.298. The highest BCUT2D eigenvalue weighted by Gasteiger charge is 2.11. The second-order valence-corrected chi connectivity index (χ2v) is 4.18. The molecule has 0 amide bonds. The zero-order valence-corrected chi connectivity index (χ0v) is 10.8. The van der Waals surface area contributed by atoms with E-state index in [1.54, 1.807) is 6.20 Å². The molecule has 0 aliphatic carbocycles. The first-order chi connectivity index (χ1) is 8.19. The fourth-order valence-corrected chi connectivity index (χ4v) is 1.58. The summed E-state index contributed by atoms with van der Waals surface area (Å²) in [5.41, 5.74) is 0. The van der Waals surface area contributed by atoms with Crippen molar-refractivity contribution in [3.63, 3.8) is 0 Å². The zero-order chi connectivity index (χ0) is 12.7. The minimum atomic E-state index is 0.125. The van der Waals surface area contributed by atoms with Gasteiger partial charge in [0.1, 0.15) is 5.82 Å². The molecule has 0 saturated carbocycles. The predicted molar refractivity (Wildman–Crippen MR) is 70.4 cm³/mol. The van der Waals surface area contributed by atoms with Crippen molar-refractivity contribution in [3.8, 4) is 0 Å². The second kappa shape index (κ2) is 7.06. The van der Waals surface area contributed by atoms with Crippen LogP contribution in [0.1, 0.15) is 27.2 Å². The Labute approximate surface area is 103 Å². The van der Waals surface area contributed by atoms with Crippen LogP contribution in [0, 0.1) is 0 Å². The molecule has 0 radical (unpaired) electrons. The van der Waals surface area contributed by atoms with Gasteiger partial charge in [-0.25, -0.2) is 4.98 Å². The standard InChI is InChI=1S/C12H22N4O/c1-4-6-13-12-14-7-5-11(15-12)16(8-9-17)10(2)3/h5,7,10,17H,4,6,8-9H2,1-3H3,(H,13,14,15). The summed E-state index contributed by atoms with van der Waals surface area (Å²) in [6.07, 6.45) is 2.78. The van der Waals surface area contributed by atoms with Crippen LogP contribution in [0.25, 0.3) is 0 Å². The SMILES string of the molecule is CCCNc1nccc(N(CCO)C(C)C)n1. The van der Waals surface area contributed by atoms with Gasteiger partial charge in [0.25, 0.3) is 0 Å². The Hall–Kier alpha value is -1.36. The van der Waals surface area contributed by atoms with E-state index in [0.717, 1.165) is 18.8 Å². The summed E-state index contributed by atoms with van der Waals surface area (Å²) in [5.74, 6) is 1.50. The van der Waals surface area contributed by atoms with Gasteiger partial charge in [0.15, 0.2) is 0 Å². The smallest absolute Gasteiger partial charge is 0.224 e. The molecule has 0 fully saturated rings. The highest BCUT2D eigenvalue weighted by Crippen LogP contribution is 2.14. The Kier molecular flexibility index (Phi) is 5.69. The summed E-state index contributed by atoms with van der Waals surface area (Å²) in [5, 5.41) is 12.2. The van der Waals surface area contributed by atoms with Crippen molar-refractivity contribution in [1.82, 2.24) is 9.97 Å². The maximum atomic E-state index is 9.06. The molecule has 0 atom stereocenters. The van der Waals surface area contributed by atoms with E-state index in [4.69, 9.17) is 5.11 Å². The van der Waals surface area contributed by atoms with E-state index in [9.17, 15) is 0 Å². The van der Waals surface area contributed by atoms with Crippen LogP contribution in [0.15, 0.2) is 12.3 Å². The van der Waals surface area contributed by atoms with Crippen LogP contribution in [-0.2, 0) is 0 Å². The third-order valence-electron chi connectivity index (χ3n) is 2.43. The zero-order valence-electron chi connectivity index (χ0n) is 10.8. The summed E-state index contributed by atoms with van der Waals surface area (Å²) in [6, 6.07) is 2.17. The lowest BCUT2D eigenvalue weighted by Gasteiger charge is -2.27. The number of aliphatic hydroxyl groups is 1. The molecule has 0 aromatic carbocycles. The van der Waals surface area contributed by atoms with Gasteiger partial charge in [0, 0.05) is 25.3 Å². The number of nitrogens with one attached hydrogen (secondary N) is 1. The van der Waals surface area contributed by atoms with Crippen LogP contribution in [0.2, 0.25) is 0 Å². The van der Waals surface area contributed by atoms with Crippen LogP contribution < -0.4 is 10.2 Å². The van der Waals surface area contributed by atoms with Crippen LogP contribution in [0.5, 0.6) is 0 Å². The number of hydrogen-bond donors (Lipinski definition) is 2. The van der Waals surface area contributed by atoms with Crippen LogP contribution >= 0.6 is 0 Å². The molecule has 5 heteroatoms. The van der Waals surface area contributed by atoms with Crippen molar-refractivity contribution in [2.45, 2.75) is 33.2 Å². The van der Waals surface area contributed by atoms with Crippen molar-refractivity contribution in [1.29, 1.82) is 0 Å². The molecular weight excluding hydrogens is 216 g/mol. The Morgan fingerprint density at radius 2 is 2.24 bits per heavy atom. The predicted octanol–water partition coefficient (Wildman–Crippen LogP) is 1.51. The molecule has 1 aromatic rings. The van der Waals surface area contributed by atoms with Crippen LogP contribution in [0.3, 0.4) is 0 Å². The number of hydrogen-bond acceptors (Lipinski definition) is 5. The number of nitrogens with zero attached hydrogens (tertiary/aromatic N) is 3. The van der Waals surface area contributed by atoms with Gasteiger partial charge >= 0.3 is 0 Å². The first kappa shape index (κ1) is 13.7. The minimum absolute atomic E-state index is 0.125. The van der Waals surface area contributed by atoms with Crippen molar-refractivity contribution in [3.05, 3.63) is 12.3 Å². The molecule has 1 rings (SSSR count). The van der Waals surface area contributed by atoms with E-state index in [-0.39, 0.29) is 6.61 Å². The number of aliphatic hydroxyl groups excluding tert-OH is 1. The Balaban J connectivity index is 2.80. The fraction of sp³-hybridized carbons (Fsp3) is 0.667. The molecular formula is C12H22N4O. The van der Waals surface area contributed by atoms with Crippen molar-refractivity contribution in [2.75, 3.05) is 29.9 Å². The van der Waals surface area contributed by atoms with Gasteiger partial charge in [-0.2, -0.15) is 4.98 Å². The molecule has 0 unspecified atom stereocenters. The molecule has 2 N–H and O–H groups in total. The summed E-state index contributed by atoms with van der Waals surface area (Å²) < 4.78 is 0. The Morgan fingerprint density at radius 1 is 1.47 bits per heavy atom. The fourth-order valence-electron chi connectivity index (χ4n) is 1.58. The van der Waals surface area contributed by atoms with Gasteiger partial charge in [-0.3, -0.25) is 0 Å². The van der Waals surface area contributed by atoms with Gasteiger partial charge in [-0.15, -0.1) is 0 Å². The van der Waals surface area contributed by atoms with Gasteiger partial charge in [0.2, 0.25) is 5.95 Å². The van der Waals surface area contributed by atoms with Crippen molar-refractivity contribution >= 4 is 11.8 Å². The lowest BCUT2D eigenvalue weighted by atomic mass is 10.3.